The van der Waals surface area contributed by atoms with Crippen LogP contribution in [0.3, 0.4) is 0 Å². The van der Waals surface area contributed by atoms with Crippen LogP contribution in [-0.2, 0) is 4.79 Å². The lowest BCUT2D eigenvalue weighted by atomic mass is 9.76. The third-order valence-corrected chi connectivity index (χ3v) is 5.19. The number of likely N-dealkylation sites (tertiary alicyclic amines) is 1. The molecule has 1 aliphatic heterocycles. The molecular formula is C15H19IN2O3. The van der Waals surface area contributed by atoms with Crippen LogP contribution in [0.15, 0.2) is 24.3 Å². The Kier molecular flexibility index (Phi) is 5.08. The van der Waals surface area contributed by atoms with E-state index in [0.29, 0.717) is 32.4 Å². The molecule has 0 aliphatic carbocycles. The molecule has 1 aromatic carbocycles. The molecule has 0 spiro atoms. The number of aliphatic carboxylic acids is 1. The number of amides is 2. The van der Waals surface area contributed by atoms with E-state index in [1.165, 1.54) is 0 Å². The Morgan fingerprint density at radius 3 is 2.48 bits per heavy atom. The standard InChI is InChI=1S/C15H19IN2O3/c1-2-15(13(19)20)7-9-18(10-8-15)14(21)17-12-6-4-3-5-11(12)16/h3-6H,2,7-10H2,1H3,(H,17,21)(H,19,20). The zero-order chi connectivity index (χ0) is 15.5. The van der Waals surface area contributed by atoms with Gasteiger partial charge in [0.1, 0.15) is 0 Å². The summed E-state index contributed by atoms with van der Waals surface area (Å²) < 4.78 is 0.980. The number of nitrogens with zero attached hydrogens (tertiary/aromatic N) is 1. The lowest BCUT2D eigenvalue weighted by molar-refractivity contribution is -0.151. The first-order valence-electron chi connectivity index (χ1n) is 7.02. The van der Waals surface area contributed by atoms with Gasteiger partial charge in [-0.2, -0.15) is 0 Å². The number of carbonyl (C=O) groups excluding carboxylic acids is 1. The summed E-state index contributed by atoms with van der Waals surface area (Å²) in [6.45, 7) is 2.86. The molecule has 21 heavy (non-hydrogen) atoms. The zero-order valence-corrected chi connectivity index (χ0v) is 14.1. The second-order valence-electron chi connectivity index (χ2n) is 5.34. The molecule has 1 aliphatic rings. The van der Waals surface area contributed by atoms with Gasteiger partial charge in [-0.25, -0.2) is 4.79 Å². The number of anilines is 1. The Morgan fingerprint density at radius 2 is 1.95 bits per heavy atom. The molecule has 2 amide bonds. The normalized spacial score (nSPS) is 17.3. The largest absolute Gasteiger partial charge is 0.481 e. The van der Waals surface area contributed by atoms with Gasteiger partial charge in [0.25, 0.3) is 0 Å². The molecular weight excluding hydrogens is 383 g/mol. The van der Waals surface area contributed by atoms with Crippen molar-refractivity contribution in [3.63, 3.8) is 0 Å². The van der Waals surface area contributed by atoms with E-state index in [1.807, 2.05) is 31.2 Å². The summed E-state index contributed by atoms with van der Waals surface area (Å²) in [7, 11) is 0. The molecule has 0 unspecified atom stereocenters. The van der Waals surface area contributed by atoms with Gasteiger partial charge in [0.15, 0.2) is 0 Å². The lowest BCUT2D eigenvalue weighted by Crippen LogP contribution is -2.47. The third kappa shape index (κ3) is 3.48. The van der Waals surface area contributed by atoms with Crippen molar-refractivity contribution in [3.8, 4) is 0 Å². The van der Waals surface area contributed by atoms with Crippen LogP contribution < -0.4 is 5.32 Å². The van der Waals surface area contributed by atoms with E-state index < -0.39 is 11.4 Å². The van der Waals surface area contributed by atoms with Crippen molar-refractivity contribution in [1.29, 1.82) is 0 Å². The van der Waals surface area contributed by atoms with E-state index in [0.717, 1.165) is 9.26 Å². The molecule has 1 aromatic rings. The van der Waals surface area contributed by atoms with Gasteiger partial charge in [0, 0.05) is 16.7 Å². The first-order chi connectivity index (χ1) is 9.98. The minimum Gasteiger partial charge on any atom is -0.481 e. The monoisotopic (exact) mass is 402 g/mol. The van der Waals surface area contributed by atoms with E-state index in [9.17, 15) is 14.7 Å². The summed E-state index contributed by atoms with van der Waals surface area (Å²) in [6.07, 6.45) is 1.63. The number of urea groups is 1. The predicted molar refractivity (Wildman–Crippen MR) is 89.3 cm³/mol. The van der Waals surface area contributed by atoms with E-state index in [1.54, 1.807) is 4.90 Å². The van der Waals surface area contributed by atoms with Crippen LogP contribution in [0.4, 0.5) is 10.5 Å². The van der Waals surface area contributed by atoms with Crippen molar-refractivity contribution in [2.45, 2.75) is 26.2 Å². The van der Waals surface area contributed by atoms with E-state index in [-0.39, 0.29) is 6.03 Å². The molecule has 2 rings (SSSR count). The number of piperidine rings is 1. The first kappa shape index (κ1) is 16.1. The number of hydrogen-bond acceptors (Lipinski definition) is 2. The molecule has 1 saturated heterocycles. The Labute approximate surface area is 137 Å². The van der Waals surface area contributed by atoms with Crippen molar-refractivity contribution in [1.82, 2.24) is 4.90 Å². The predicted octanol–water partition coefficient (Wildman–Crippen LogP) is 3.40. The zero-order valence-electron chi connectivity index (χ0n) is 11.9. The number of carboxylic acids is 1. The second kappa shape index (κ2) is 6.64. The number of hydrogen-bond donors (Lipinski definition) is 2. The molecule has 114 valence electrons. The molecule has 0 aromatic heterocycles. The minimum absolute atomic E-state index is 0.158. The van der Waals surface area contributed by atoms with Crippen molar-refractivity contribution in [2.24, 2.45) is 5.41 Å². The van der Waals surface area contributed by atoms with Crippen LogP contribution in [0.1, 0.15) is 26.2 Å². The van der Waals surface area contributed by atoms with Gasteiger partial charge >= 0.3 is 12.0 Å². The molecule has 0 bridgehead atoms. The van der Waals surface area contributed by atoms with Gasteiger partial charge in [0.05, 0.1) is 11.1 Å². The van der Waals surface area contributed by atoms with E-state index >= 15 is 0 Å². The lowest BCUT2D eigenvalue weighted by Gasteiger charge is -2.38. The quantitative estimate of drug-likeness (QED) is 0.762. The van der Waals surface area contributed by atoms with Gasteiger partial charge in [-0.15, -0.1) is 0 Å². The van der Waals surface area contributed by atoms with Gasteiger partial charge in [-0.05, 0) is 54.0 Å². The summed E-state index contributed by atoms with van der Waals surface area (Å²) in [5.41, 5.74) is 0.117. The van der Waals surface area contributed by atoms with Crippen LogP contribution in [0.2, 0.25) is 0 Å². The van der Waals surface area contributed by atoms with Crippen LogP contribution in [0, 0.1) is 8.99 Å². The molecule has 1 fully saturated rings. The molecule has 1 heterocycles. The number of benzene rings is 1. The maximum Gasteiger partial charge on any atom is 0.321 e. The molecule has 5 nitrogen and oxygen atoms in total. The average molecular weight is 402 g/mol. The summed E-state index contributed by atoms with van der Waals surface area (Å²) >= 11 is 2.17. The highest BCUT2D eigenvalue weighted by Gasteiger charge is 2.40. The number of rotatable bonds is 3. The maximum atomic E-state index is 12.3. The number of halogens is 1. The molecule has 0 saturated carbocycles. The number of nitrogens with one attached hydrogen (secondary N) is 1. The first-order valence-corrected chi connectivity index (χ1v) is 8.10. The van der Waals surface area contributed by atoms with Crippen molar-refractivity contribution >= 4 is 40.3 Å². The number of carbonyl (C=O) groups is 2. The third-order valence-electron chi connectivity index (χ3n) is 4.25. The van der Waals surface area contributed by atoms with Crippen molar-refractivity contribution in [2.75, 3.05) is 18.4 Å². The minimum atomic E-state index is -0.748. The fourth-order valence-electron chi connectivity index (χ4n) is 2.61. The molecule has 0 radical (unpaired) electrons. The highest BCUT2D eigenvalue weighted by atomic mass is 127. The molecule has 2 N–H and O–H groups in total. The van der Waals surface area contributed by atoms with Gasteiger partial charge in [-0.1, -0.05) is 19.1 Å². The van der Waals surface area contributed by atoms with Crippen LogP contribution in [0.5, 0.6) is 0 Å². The Balaban J connectivity index is 1.98. The topological polar surface area (TPSA) is 69.6 Å². The van der Waals surface area contributed by atoms with Gasteiger partial charge in [0.2, 0.25) is 0 Å². The summed E-state index contributed by atoms with van der Waals surface area (Å²) in [6, 6.07) is 7.42. The van der Waals surface area contributed by atoms with Crippen LogP contribution in [-0.4, -0.2) is 35.1 Å². The molecule has 0 atom stereocenters. The van der Waals surface area contributed by atoms with Crippen molar-refractivity contribution < 1.29 is 14.7 Å². The highest BCUT2D eigenvalue weighted by Crippen LogP contribution is 2.35. The van der Waals surface area contributed by atoms with Gasteiger partial charge < -0.3 is 15.3 Å². The van der Waals surface area contributed by atoms with E-state index in [4.69, 9.17) is 0 Å². The van der Waals surface area contributed by atoms with Crippen LogP contribution in [0.25, 0.3) is 0 Å². The smallest absolute Gasteiger partial charge is 0.321 e. The van der Waals surface area contributed by atoms with E-state index in [2.05, 4.69) is 27.9 Å². The summed E-state index contributed by atoms with van der Waals surface area (Å²) in [5.74, 6) is -0.748. The van der Waals surface area contributed by atoms with Crippen LogP contribution >= 0.6 is 22.6 Å². The number of para-hydroxylation sites is 1. The Bertz CT molecular complexity index is 539. The van der Waals surface area contributed by atoms with Crippen molar-refractivity contribution in [3.05, 3.63) is 27.8 Å². The SMILES string of the molecule is CCC1(C(=O)O)CCN(C(=O)Nc2ccccc2I)CC1. The molecule has 6 heteroatoms. The fourth-order valence-corrected chi connectivity index (χ4v) is 3.14. The van der Waals surface area contributed by atoms with Gasteiger partial charge in [-0.3, -0.25) is 4.79 Å². The summed E-state index contributed by atoms with van der Waals surface area (Å²) in [5, 5.41) is 12.3. The fraction of sp³-hybridized carbons (Fsp3) is 0.467. The maximum absolute atomic E-state index is 12.3. The highest BCUT2D eigenvalue weighted by molar-refractivity contribution is 14.1. The number of carboxylic acid groups (broad SMARTS) is 1. The Hall–Kier alpha value is -1.31. The summed E-state index contributed by atoms with van der Waals surface area (Å²) in [4.78, 5) is 25.3. The second-order valence-corrected chi connectivity index (χ2v) is 6.50. The Morgan fingerprint density at radius 1 is 1.33 bits per heavy atom. The average Bonchev–Trinajstić information content (AvgIpc) is 2.49.